The molecule has 0 radical (unpaired) electrons. The lowest BCUT2D eigenvalue weighted by Gasteiger charge is -2.37. The first-order chi connectivity index (χ1) is 18.8. The number of nitrogens with zero attached hydrogens (tertiary/aromatic N) is 2. The second-order valence-corrected chi connectivity index (χ2v) is 11.6. The molecule has 2 aliphatic rings. The van der Waals surface area contributed by atoms with Crippen LogP contribution in [0.3, 0.4) is 0 Å². The van der Waals surface area contributed by atoms with Crippen molar-refractivity contribution < 1.29 is 0 Å². The molecule has 0 atom stereocenters. The average molecular weight is 507 g/mol. The van der Waals surface area contributed by atoms with Crippen molar-refractivity contribution in [2.24, 2.45) is 0 Å². The molecule has 0 fully saturated rings. The van der Waals surface area contributed by atoms with Gasteiger partial charge in [0.05, 0.1) is 0 Å². The highest BCUT2D eigenvalue weighted by molar-refractivity contribution is 5.89. The van der Waals surface area contributed by atoms with Crippen LogP contribution < -0.4 is 9.80 Å². The van der Waals surface area contributed by atoms with Crippen molar-refractivity contribution in [1.82, 2.24) is 0 Å². The van der Waals surface area contributed by atoms with E-state index in [2.05, 4.69) is 135 Å². The number of hydrogen-bond donors (Lipinski definition) is 0. The molecule has 0 amide bonds. The van der Waals surface area contributed by atoms with E-state index in [4.69, 9.17) is 0 Å². The van der Waals surface area contributed by atoms with Gasteiger partial charge in [-0.3, -0.25) is 0 Å². The lowest BCUT2D eigenvalue weighted by Crippen LogP contribution is -2.21. The summed E-state index contributed by atoms with van der Waals surface area (Å²) in [6, 6.07) is 34.6. The van der Waals surface area contributed by atoms with E-state index in [1.54, 1.807) is 0 Å². The van der Waals surface area contributed by atoms with Gasteiger partial charge in [-0.15, -0.1) is 0 Å². The zero-order valence-corrected chi connectivity index (χ0v) is 23.5. The monoisotopic (exact) mass is 506 g/mol. The summed E-state index contributed by atoms with van der Waals surface area (Å²) in [6.45, 7) is 11.0. The second-order valence-electron chi connectivity index (χ2n) is 11.6. The molecule has 0 saturated carbocycles. The molecule has 2 aliphatic heterocycles. The Morgan fingerprint density at radius 2 is 0.667 bits per heavy atom. The minimum absolute atomic E-state index is 0.967. The Morgan fingerprint density at radius 1 is 0.359 bits per heavy atom. The molecule has 0 aliphatic carbocycles. The van der Waals surface area contributed by atoms with Crippen molar-refractivity contribution in [1.29, 1.82) is 0 Å². The van der Waals surface area contributed by atoms with Crippen LogP contribution in [0.2, 0.25) is 0 Å². The highest BCUT2D eigenvalue weighted by atomic mass is 15.2. The maximum Gasteiger partial charge on any atom is 0.0497 e. The van der Waals surface area contributed by atoms with Gasteiger partial charge >= 0.3 is 0 Å². The topological polar surface area (TPSA) is 6.48 Å². The number of benzene rings is 5. The smallest absolute Gasteiger partial charge is 0.0497 e. The molecule has 5 aromatic rings. The number of aryl methyl sites for hydroxylation is 5. The summed E-state index contributed by atoms with van der Waals surface area (Å²) >= 11 is 0. The first-order valence-electron chi connectivity index (χ1n) is 13.9. The quantitative estimate of drug-likeness (QED) is 0.230. The molecule has 2 heteroatoms. The molecule has 2 nitrogen and oxygen atoms in total. The molecule has 0 aromatic heterocycles. The zero-order valence-electron chi connectivity index (χ0n) is 23.5. The van der Waals surface area contributed by atoms with E-state index >= 15 is 0 Å². The Balaban J connectivity index is 1.45. The van der Waals surface area contributed by atoms with Gasteiger partial charge < -0.3 is 9.80 Å². The molecule has 0 saturated heterocycles. The van der Waals surface area contributed by atoms with Crippen LogP contribution >= 0.6 is 0 Å². The number of fused-ring (bicyclic) bond motifs is 4. The predicted molar refractivity (Wildman–Crippen MR) is 165 cm³/mol. The fourth-order valence-electron chi connectivity index (χ4n) is 6.52. The van der Waals surface area contributed by atoms with E-state index in [0.29, 0.717) is 0 Å². The third-order valence-electron chi connectivity index (χ3n) is 8.23. The van der Waals surface area contributed by atoms with Crippen molar-refractivity contribution in [3.8, 4) is 0 Å². The van der Waals surface area contributed by atoms with Crippen LogP contribution in [0.4, 0.5) is 34.1 Å². The molecular formula is C37H34N2. The standard InChI is InChI=1S/C37H34N2/c1-23-6-10-34-28(14-23)20-29-15-24(2)7-11-35(29)38(34)32-18-27(5)19-33(22-32)39-36-12-8-25(3)16-30(36)21-31-17-26(4)9-13-37(31)39/h6-19,22H,20-21H2,1-5H3. The van der Waals surface area contributed by atoms with Gasteiger partial charge in [0.1, 0.15) is 0 Å². The molecular weight excluding hydrogens is 472 g/mol. The Bertz CT molecular complexity index is 1550. The number of anilines is 6. The molecule has 0 spiro atoms. The van der Waals surface area contributed by atoms with Gasteiger partial charge in [0.25, 0.3) is 0 Å². The summed E-state index contributed by atoms with van der Waals surface area (Å²) in [5, 5.41) is 0. The summed E-state index contributed by atoms with van der Waals surface area (Å²) in [6.07, 6.45) is 1.93. The first-order valence-corrected chi connectivity index (χ1v) is 13.9. The zero-order chi connectivity index (χ0) is 26.8. The van der Waals surface area contributed by atoms with Crippen LogP contribution in [-0.4, -0.2) is 0 Å². The second kappa shape index (κ2) is 8.88. The van der Waals surface area contributed by atoms with E-state index in [-0.39, 0.29) is 0 Å². The maximum absolute atomic E-state index is 2.47. The van der Waals surface area contributed by atoms with Crippen LogP contribution in [0.5, 0.6) is 0 Å². The van der Waals surface area contributed by atoms with Crippen molar-refractivity contribution in [3.63, 3.8) is 0 Å². The molecule has 39 heavy (non-hydrogen) atoms. The minimum Gasteiger partial charge on any atom is -0.310 e. The molecule has 192 valence electrons. The van der Waals surface area contributed by atoms with Crippen LogP contribution in [0.15, 0.2) is 91.0 Å². The van der Waals surface area contributed by atoms with Gasteiger partial charge in [-0.25, -0.2) is 0 Å². The summed E-state index contributed by atoms with van der Waals surface area (Å²) in [4.78, 5) is 4.94. The van der Waals surface area contributed by atoms with E-state index in [1.807, 2.05) is 0 Å². The first kappa shape index (κ1) is 23.8. The van der Waals surface area contributed by atoms with E-state index < -0.39 is 0 Å². The van der Waals surface area contributed by atoms with Gasteiger partial charge in [0, 0.05) is 47.0 Å². The molecule has 5 aromatic carbocycles. The van der Waals surface area contributed by atoms with Gasteiger partial charge in [-0.05, 0) is 105 Å². The Hall–Kier alpha value is -4.30. The normalized spacial score (nSPS) is 13.5. The van der Waals surface area contributed by atoms with Crippen LogP contribution in [0, 0.1) is 34.6 Å². The minimum atomic E-state index is 0.967. The molecule has 7 rings (SSSR count). The van der Waals surface area contributed by atoms with Crippen molar-refractivity contribution in [2.75, 3.05) is 9.80 Å². The van der Waals surface area contributed by atoms with Gasteiger partial charge in [-0.2, -0.15) is 0 Å². The largest absolute Gasteiger partial charge is 0.310 e. The number of hydrogen-bond acceptors (Lipinski definition) is 2. The fraction of sp³-hybridized carbons (Fsp3) is 0.189. The summed E-state index contributed by atoms with van der Waals surface area (Å²) in [5.41, 5.74) is 19.5. The predicted octanol–water partition coefficient (Wildman–Crippen LogP) is 9.98. The third kappa shape index (κ3) is 4.03. The van der Waals surface area contributed by atoms with E-state index in [0.717, 1.165) is 12.8 Å². The number of rotatable bonds is 2. The summed E-state index contributed by atoms with van der Waals surface area (Å²) in [7, 11) is 0. The van der Waals surface area contributed by atoms with Crippen molar-refractivity contribution in [3.05, 3.63) is 141 Å². The van der Waals surface area contributed by atoms with E-state index in [1.165, 1.54) is 84.2 Å². The molecule has 2 heterocycles. The van der Waals surface area contributed by atoms with Crippen molar-refractivity contribution >= 4 is 34.1 Å². The van der Waals surface area contributed by atoms with Crippen LogP contribution in [0.1, 0.15) is 50.1 Å². The Labute approximate surface area is 232 Å². The van der Waals surface area contributed by atoms with Crippen LogP contribution in [0.25, 0.3) is 0 Å². The van der Waals surface area contributed by atoms with E-state index in [9.17, 15) is 0 Å². The van der Waals surface area contributed by atoms with Crippen LogP contribution in [-0.2, 0) is 12.8 Å². The maximum atomic E-state index is 2.47. The highest BCUT2D eigenvalue weighted by Gasteiger charge is 2.28. The lowest BCUT2D eigenvalue weighted by molar-refractivity contribution is 1.06. The average Bonchev–Trinajstić information content (AvgIpc) is 2.89. The van der Waals surface area contributed by atoms with Crippen molar-refractivity contribution in [2.45, 2.75) is 47.5 Å². The Kier molecular flexibility index (Phi) is 5.42. The molecule has 0 bridgehead atoms. The van der Waals surface area contributed by atoms with Gasteiger partial charge in [0.2, 0.25) is 0 Å². The summed E-state index contributed by atoms with van der Waals surface area (Å²) in [5.74, 6) is 0. The lowest BCUT2D eigenvalue weighted by atomic mass is 9.91. The molecule has 0 unspecified atom stereocenters. The highest BCUT2D eigenvalue weighted by Crippen LogP contribution is 2.49. The Morgan fingerprint density at radius 3 is 0.974 bits per heavy atom. The fourth-order valence-corrected chi connectivity index (χ4v) is 6.52. The SMILES string of the molecule is Cc1cc(N2c3ccc(C)cc3Cc3cc(C)ccc32)cc(N2c3ccc(C)cc3Cc3cc(C)ccc32)c1. The third-order valence-corrected chi connectivity index (χ3v) is 8.23. The van der Waals surface area contributed by atoms with Gasteiger partial charge in [0.15, 0.2) is 0 Å². The molecule has 0 N–H and O–H groups in total. The van der Waals surface area contributed by atoms with Gasteiger partial charge in [-0.1, -0.05) is 70.8 Å². The summed E-state index contributed by atoms with van der Waals surface area (Å²) < 4.78 is 0.